The highest BCUT2D eigenvalue weighted by atomic mass is 33.1. The first-order valence-electron chi connectivity index (χ1n) is 23.2. The molecule has 1 aliphatic heterocycles. The van der Waals surface area contributed by atoms with Gasteiger partial charge in [0.1, 0.15) is 48.0 Å². The molecule has 1 heterocycles. The fraction of sp³-hybridized carbons (Fsp3) is 0.630. The van der Waals surface area contributed by atoms with E-state index in [1.165, 1.54) is 0 Å². The van der Waals surface area contributed by atoms with Crippen LogP contribution in [0.1, 0.15) is 100.0 Å². The molecular formula is C46H73N11O12S2. The van der Waals surface area contributed by atoms with Gasteiger partial charge in [0.25, 0.3) is 0 Å². The van der Waals surface area contributed by atoms with Crippen LogP contribution in [0.15, 0.2) is 24.3 Å². The van der Waals surface area contributed by atoms with E-state index in [-0.39, 0.29) is 43.1 Å². The van der Waals surface area contributed by atoms with Crippen LogP contribution in [-0.2, 0) is 59.2 Å². The zero-order chi connectivity index (χ0) is 53.8. The summed E-state index contributed by atoms with van der Waals surface area (Å²) in [6.07, 6.45) is -1.58. The van der Waals surface area contributed by atoms with Crippen molar-refractivity contribution in [3.63, 3.8) is 0 Å². The molecule has 0 unspecified atom stereocenters. The lowest BCUT2D eigenvalue weighted by atomic mass is 9.85. The van der Waals surface area contributed by atoms with Crippen LogP contribution in [0.5, 0.6) is 5.75 Å². The number of nitrogens with one attached hydrogen (secondary N) is 8. The maximum Gasteiger partial charge on any atom is 0.244 e. The summed E-state index contributed by atoms with van der Waals surface area (Å²) in [7, 11) is 2.20. The number of hydrogen-bond acceptors (Lipinski definition) is 14. The van der Waals surface area contributed by atoms with Crippen molar-refractivity contribution >= 4 is 86.6 Å². The number of hydrogen-bond donors (Lipinski definition) is 11. The molecule has 2 rings (SSSR count). The fourth-order valence-corrected chi connectivity index (χ4v) is 9.10. The maximum atomic E-state index is 14.3. The number of amides is 11. The third-order valence-corrected chi connectivity index (χ3v) is 13.1. The summed E-state index contributed by atoms with van der Waals surface area (Å²) in [5, 5.41) is 20.7. The molecule has 0 bridgehead atoms. The number of rotatable bonds is 18. The Labute approximate surface area is 422 Å². The summed E-state index contributed by atoms with van der Waals surface area (Å²) in [5.74, 6) is -8.90. The highest BCUT2D eigenvalue weighted by Crippen LogP contribution is 2.25. The molecule has 1 aromatic carbocycles. The number of benzene rings is 1. The van der Waals surface area contributed by atoms with Crippen molar-refractivity contribution in [2.75, 3.05) is 24.7 Å². The molecule has 23 nitrogen and oxygen atoms in total. The first kappa shape index (κ1) is 61.0. The van der Waals surface area contributed by atoms with Crippen molar-refractivity contribution < 1.29 is 57.5 Å². The summed E-state index contributed by atoms with van der Waals surface area (Å²) in [6, 6.07) is -2.97. The molecule has 1 aromatic rings. The van der Waals surface area contributed by atoms with E-state index in [4.69, 9.17) is 21.9 Å². The molecule has 7 atom stereocenters. The van der Waals surface area contributed by atoms with E-state index in [0.717, 1.165) is 21.6 Å². The van der Waals surface area contributed by atoms with E-state index < -0.39 is 137 Å². The predicted octanol–water partition coefficient (Wildman–Crippen LogP) is -1.31. The predicted molar refractivity (Wildman–Crippen MR) is 267 cm³/mol. The zero-order valence-electron chi connectivity index (χ0n) is 41.9. The molecule has 14 N–H and O–H groups in total. The van der Waals surface area contributed by atoms with E-state index >= 15 is 0 Å². The Balaban J connectivity index is 2.65. The fourth-order valence-electron chi connectivity index (χ4n) is 6.95. The van der Waals surface area contributed by atoms with Crippen molar-refractivity contribution in [2.24, 2.45) is 33.9 Å². The van der Waals surface area contributed by atoms with Gasteiger partial charge in [-0.15, -0.1) is 0 Å². The van der Waals surface area contributed by atoms with Crippen molar-refractivity contribution in [1.29, 1.82) is 0 Å². The van der Waals surface area contributed by atoms with Crippen molar-refractivity contribution in [1.82, 2.24) is 42.5 Å². The largest absolute Gasteiger partial charge is 0.494 e. The Bertz CT molecular complexity index is 2080. The lowest BCUT2D eigenvalue weighted by Crippen LogP contribution is -2.63. The number of ether oxygens (including phenoxy) is 1. The molecule has 71 heavy (non-hydrogen) atoms. The first-order valence-corrected chi connectivity index (χ1v) is 25.7. The van der Waals surface area contributed by atoms with Gasteiger partial charge in [-0.1, -0.05) is 89.1 Å². The number of nitrogens with two attached hydrogens (primary N) is 3. The molecule has 0 radical (unpaired) electrons. The van der Waals surface area contributed by atoms with E-state index in [9.17, 15) is 52.7 Å². The van der Waals surface area contributed by atoms with Gasteiger partial charge in [-0.25, -0.2) is 0 Å². The van der Waals surface area contributed by atoms with Crippen LogP contribution in [0.25, 0.3) is 0 Å². The van der Waals surface area contributed by atoms with Crippen molar-refractivity contribution in [3.8, 4) is 5.75 Å². The molecule has 1 aliphatic rings. The minimum Gasteiger partial charge on any atom is -0.494 e. The Hall–Kier alpha value is -6.11. The Morgan fingerprint density at radius 1 is 0.732 bits per heavy atom. The van der Waals surface area contributed by atoms with E-state index in [0.29, 0.717) is 17.9 Å². The molecule has 0 aliphatic carbocycles. The average molecular weight is 1040 g/mol. The Morgan fingerprint density at radius 2 is 1.34 bits per heavy atom. The van der Waals surface area contributed by atoms with E-state index in [1.807, 2.05) is 20.8 Å². The van der Waals surface area contributed by atoms with Crippen LogP contribution in [0.3, 0.4) is 0 Å². The number of carbonyl (C=O) groups excluding carboxylic acids is 11. The lowest BCUT2D eigenvalue weighted by molar-refractivity contribution is -0.137. The smallest absolute Gasteiger partial charge is 0.244 e. The molecule has 1 saturated heterocycles. The molecular weight excluding hydrogens is 963 g/mol. The topological polar surface area (TPSA) is 371 Å². The molecule has 396 valence electrons. The third-order valence-electron chi connectivity index (χ3n) is 10.6. The van der Waals surface area contributed by atoms with Crippen molar-refractivity contribution in [2.45, 2.75) is 143 Å². The zero-order valence-corrected chi connectivity index (χ0v) is 43.6. The van der Waals surface area contributed by atoms with E-state index in [2.05, 4.69) is 42.5 Å². The third kappa shape index (κ3) is 22.2. The van der Waals surface area contributed by atoms with Crippen LogP contribution >= 0.6 is 21.6 Å². The standard InChI is InChI=1S/C46H73N11O12S2/c1-10-69-26-13-11-25(12-14-26)20-29-41(65)56-36(45(4,5)6)43(67)52-27(15-16-32(47)58)39(63)53-30(21-33(48)59)40(64)55-31(23-71-70-18-17-35(61)51-29)42(66)57-37(46(7,8)9)44(68)54-28(19-24(2)3)38(62)50-22-34(49)60/h11-14,24,27-31,36-37H,10,15-23H2,1-9H3,(H2,47,58)(H2,48,59)(H2,49,60)(H,50,62)(H,51,61)(H,52,67)(H,53,63)(H,54,68)(H,55,64)(H,56,65)(H,57,66)/t27-,28-,29+,30-,31-,36+,37+/m0/s1. The Kier molecular flexibility index (Phi) is 24.6. The van der Waals surface area contributed by atoms with Crippen LogP contribution in [0, 0.1) is 16.7 Å². The van der Waals surface area contributed by atoms with Gasteiger partial charge in [0.05, 0.1) is 19.6 Å². The minimum absolute atomic E-state index is 0.000191. The monoisotopic (exact) mass is 1040 g/mol. The SMILES string of the molecule is CCOc1ccc(C[C@H]2NC(=O)CCSSC[C@@H](C(=O)N[C@H](C(=O)N[C@@H](CC(C)C)C(=O)NCC(N)=O)C(C)(C)C)NC(=O)[C@H](CC(N)=O)NC(=O)[C@H](CCC(N)=O)NC(=O)[C@H](C(C)(C)C)NC2=O)cc1. The number of carbonyl (C=O) groups is 11. The highest BCUT2D eigenvalue weighted by Gasteiger charge is 2.40. The minimum atomic E-state index is -1.76. The van der Waals surface area contributed by atoms with Crippen LogP contribution < -0.4 is 64.5 Å². The van der Waals surface area contributed by atoms with E-state index in [1.54, 1.807) is 65.8 Å². The van der Waals surface area contributed by atoms with Crippen LogP contribution in [-0.4, -0.2) is 132 Å². The normalized spacial score (nSPS) is 21.1. The van der Waals surface area contributed by atoms with Gasteiger partial charge in [-0.3, -0.25) is 52.7 Å². The van der Waals surface area contributed by atoms with Gasteiger partial charge in [0.2, 0.25) is 65.0 Å². The second kappa shape index (κ2) is 28.7. The summed E-state index contributed by atoms with van der Waals surface area (Å²) in [6.45, 7) is 15.3. The highest BCUT2D eigenvalue weighted by molar-refractivity contribution is 8.76. The number of primary amides is 3. The van der Waals surface area contributed by atoms with Crippen molar-refractivity contribution in [3.05, 3.63) is 29.8 Å². The second-order valence-electron chi connectivity index (χ2n) is 19.6. The van der Waals surface area contributed by atoms with Gasteiger partial charge in [-0.05, 0) is 54.2 Å². The second-order valence-corrected chi connectivity index (χ2v) is 22.2. The maximum absolute atomic E-state index is 14.3. The average Bonchev–Trinajstić information content (AvgIpc) is 3.25. The van der Waals surface area contributed by atoms with Gasteiger partial charge < -0.3 is 64.5 Å². The van der Waals surface area contributed by atoms with Gasteiger partial charge in [-0.2, -0.15) is 0 Å². The molecule has 25 heteroatoms. The lowest BCUT2D eigenvalue weighted by Gasteiger charge is -2.34. The van der Waals surface area contributed by atoms with Crippen LogP contribution in [0.2, 0.25) is 0 Å². The van der Waals surface area contributed by atoms with Crippen LogP contribution in [0.4, 0.5) is 0 Å². The molecule has 0 spiro atoms. The Morgan fingerprint density at radius 3 is 1.89 bits per heavy atom. The van der Waals surface area contributed by atoms with Gasteiger partial charge in [0.15, 0.2) is 0 Å². The molecule has 0 saturated carbocycles. The molecule has 11 amide bonds. The summed E-state index contributed by atoms with van der Waals surface area (Å²) < 4.78 is 5.54. The summed E-state index contributed by atoms with van der Waals surface area (Å²) in [4.78, 5) is 147. The molecule has 1 fully saturated rings. The summed E-state index contributed by atoms with van der Waals surface area (Å²) in [5.41, 5.74) is 14.8. The van der Waals surface area contributed by atoms with Gasteiger partial charge >= 0.3 is 0 Å². The van der Waals surface area contributed by atoms with Gasteiger partial charge in [0, 0.05) is 30.8 Å². The summed E-state index contributed by atoms with van der Waals surface area (Å²) >= 11 is 0. The molecule has 0 aromatic heterocycles. The quantitative estimate of drug-likeness (QED) is 0.0761. The first-order chi connectivity index (χ1) is 33.0.